The second kappa shape index (κ2) is 5.71. The molecule has 1 N–H and O–H groups in total. The molecular formula is C15H21NO4. The van der Waals surface area contributed by atoms with Crippen molar-refractivity contribution >= 4 is 6.09 Å². The maximum absolute atomic E-state index is 12.1. The van der Waals surface area contributed by atoms with E-state index in [2.05, 4.69) is 0 Å². The average molecular weight is 279 g/mol. The molecule has 0 saturated carbocycles. The fourth-order valence-electron chi connectivity index (χ4n) is 2.07. The molecule has 1 aromatic rings. The summed E-state index contributed by atoms with van der Waals surface area (Å²) in [5, 5.41) is 9.51. The second-order valence-electron chi connectivity index (χ2n) is 5.88. The van der Waals surface area contributed by atoms with Crippen molar-refractivity contribution in [2.24, 2.45) is 0 Å². The smallest absolute Gasteiger partial charge is 0.410 e. The molecule has 1 aromatic carbocycles. The first kappa shape index (κ1) is 14.7. The van der Waals surface area contributed by atoms with E-state index in [1.807, 2.05) is 26.8 Å². The summed E-state index contributed by atoms with van der Waals surface area (Å²) < 4.78 is 11.0. The number of phenols is 1. The number of carbonyl (C=O) groups excluding carboxylic acids is 1. The van der Waals surface area contributed by atoms with Crippen LogP contribution in [0.1, 0.15) is 32.4 Å². The Hall–Kier alpha value is -1.75. The van der Waals surface area contributed by atoms with E-state index >= 15 is 0 Å². The molecule has 1 amide bonds. The molecule has 1 heterocycles. The standard InChI is InChI=1S/C15H21NO4/c1-15(2,3)20-14(18)16-7-8-19-13(10-16)11-5-4-6-12(17)9-11/h4-6,9,13,17H,7-8,10H2,1-3H3/t13-/m0/s1. The van der Waals surface area contributed by atoms with Gasteiger partial charge in [-0.15, -0.1) is 0 Å². The summed E-state index contributed by atoms with van der Waals surface area (Å²) in [6.07, 6.45) is -0.561. The summed E-state index contributed by atoms with van der Waals surface area (Å²) in [7, 11) is 0. The van der Waals surface area contributed by atoms with E-state index in [1.165, 1.54) is 0 Å². The van der Waals surface area contributed by atoms with Crippen molar-refractivity contribution in [2.45, 2.75) is 32.5 Å². The molecule has 2 rings (SSSR count). The molecule has 20 heavy (non-hydrogen) atoms. The first-order valence-electron chi connectivity index (χ1n) is 6.73. The second-order valence-corrected chi connectivity index (χ2v) is 5.88. The molecule has 1 aliphatic rings. The van der Waals surface area contributed by atoms with Gasteiger partial charge in [0.2, 0.25) is 0 Å². The fraction of sp³-hybridized carbons (Fsp3) is 0.533. The molecule has 1 fully saturated rings. The van der Waals surface area contributed by atoms with Gasteiger partial charge >= 0.3 is 6.09 Å². The van der Waals surface area contributed by atoms with Gasteiger partial charge in [0.05, 0.1) is 13.2 Å². The SMILES string of the molecule is CC(C)(C)OC(=O)N1CCO[C@H](c2cccc(O)c2)C1. The van der Waals surface area contributed by atoms with E-state index in [9.17, 15) is 9.90 Å². The monoisotopic (exact) mass is 279 g/mol. The fourth-order valence-corrected chi connectivity index (χ4v) is 2.07. The van der Waals surface area contributed by atoms with E-state index in [-0.39, 0.29) is 17.9 Å². The summed E-state index contributed by atoms with van der Waals surface area (Å²) in [5.41, 5.74) is 0.355. The van der Waals surface area contributed by atoms with E-state index < -0.39 is 5.60 Å². The topological polar surface area (TPSA) is 59.0 Å². The van der Waals surface area contributed by atoms with Crippen LogP contribution in [0.2, 0.25) is 0 Å². The quantitative estimate of drug-likeness (QED) is 0.858. The van der Waals surface area contributed by atoms with Gasteiger partial charge in [-0.05, 0) is 38.5 Å². The largest absolute Gasteiger partial charge is 0.508 e. The lowest BCUT2D eigenvalue weighted by molar-refractivity contribution is -0.0433. The van der Waals surface area contributed by atoms with Crippen molar-refractivity contribution < 1.29 is 19.4 Å². The van der Waals surface area contributed by atoms with Crippen LogP contribution in [0.25, 0.3) is 0 Å². The number of aromatic hydroxyl groups is 1. The van der Waals surface area contributed by atoms with Crippen LogP contribution in [0.5, 0.6) is 5.75 Å². The van der Waals surface area contributed by atoms with Crippen LogP contribution in [0.15, 0.2) is 24.3 Å². The molecule has 1 aliphatic heterocycles. The van der Waals surface area contributed by atoms with E-state index in [1.54, 1.807) is 23.1 Å². The Kier molecular flexibility index (Phi) is 4.18. The molecule has 1 saturated heterocycles. The maximum Gasteiger partial charge on any atom is 0.410 e. The lowest BCUT2D eigenvalue weighted by Gasteiger charge is -2.34. The molecule has 0 spiro atoms. The van der Waals surface area contributed by atoms with Crippen LogP contribution in [0, 0.1) is 0 Å². The van der Waals surface area contributed by atoms with Crippen molar-refractivity contribution in [2.75, 3.05) is 19.7 Å². The van der Waals surface area contributed by atoms with Crippen molar-refractivity contribution in [3.05, 3.63) is 29.8 Å². The Labute approximate surface area is 119 Å². The zero-order chi connectivity index (χ0) is 14.8. The minimum Gasteiger partial charge on any atom is -0.508 e. The molecular weight excluding hydrogens is 258 g/mol. The predicted octanol–water partition coefficient (Wildman–Crippen LogP) is 2.70. The molecule has 5 nitrogen and oxygen atoms in total. The van der Waals surface area contributed by atoms with Crippen LogP contribution >= 0.6 is 0 Å². The van der Waals surface area contributed by atoms with Crippen molar-refractivity contribution in [1.29, 1.82) is 0 Å². The number of nitrogens with zero attached hydrogens (tertiary/aromatic N) is 1. The van der Waals surface area contributed by atoms with Gasteiger partial charge < -0.3 is 19.5 Å². The van der Waals surface area contributed by atoms with Gasteiger partial charge in [0.1, 0.15) is 17.5 Å². The van der Waals surface area contributed by atoms with Crippen molar-refractivity contribution in [3.8, 4) is 5.75 Å². The third-order valence-electron chi connectivity index (χ3n) is 2.96. The molecule has 5 heteroatoms. The number of hydrogen-bond donors (Lipinski definition) is 1. The Balaban J connectivity index is 2.03. The zero-order valence-corrected chi connectivity index (χ0v) is 12.1. The number of ether oxygens (including phenoxy) is 2. The van der Waals surface area contributed by atoms with Gasteiger partial charge in [0.25, 0.3) is 0 Å². The summed E-state index contributed by atoms with van der Waals surface area (Å²) >= 11 is 0. The van der Waals surface area contributed by atoms with Crippen LogP contribution in [0.3, 0.4) is 0 Å². The minimum absolute atomic E-state index is 0.195. The first-order valence-corrected chi connectivity index (χ1v) is 6.73. The number of morpholine rings is 1. The van der Waals surface area contributed by atoms with Gasteiger partial charge in [0.15, 0.2) is 0 Å². The van der Waals surface area contributed by atoms with Gasteiger partial charge in [-0.25, -0.2) is 4.79 Å². The van der Waals surface area contributed by atoms with Crippen LogP contribution < -0.4 is 0 Å². The van der Waals surface area contributed by atoms with Gasteiger partial charge in [-0.1, -0.05) is 12.1 Å². The normalized spacial score (nSPS) is 19.8. The van der Waals surface area contributed by atoms with Gasteiger partial charge in [0, 0.05) is 6.54 Å². The lowest BCUT2D eigenvalue weighted by atomic mass is 10.1. The highest BCUT2D eigenvalue weighted by atomic mass is 16.6. The Morgan fingerprint density at radius 3 is 2.85 bits per heavy atom. The van der Waals surface area contributed by atoms with E-state index in [0.29, 0.717) is 19.7 Å². The summed E-state index contributed by atoms with van der Waals surface area (Å²) in [4.78, 5) is 13.7. The Morgan fingerprint density at radius 1 is 1.45 bits per heavy atom. The summed E-state index contributed by atoms with van der Waals surface area (Å²) in [5.74, 6) is 0.195. The number of rotatable bonds is 1. The van der Waals surface area contributed by atoms with Crippen LogP contribution in [-0.2, 0) is 9.47 Å². The number of phenolic OH excluding ortho intramolecular Hbond substituents is 1. The number of benzene rings is 1. The zero-order valence-electron chi connectivity index (χ0n) is 12.1. The van der Waals surface area contributed by atoms with Gasteiger partial charge in [-0.2, -0.15) is 0 Å². The lowest BCUT2D eigenvalue weighted by Crippen LogP contribution is -2.44. The molecule has 0 bridgehead atoms. The van der Waals surface area contributed by atoms with Gasteiger partial charge in [-0.3, -0.25) is 0 Å². The maximum atomic E-state index is 12.1. The predicted molar refractivity (Wildman–Crippen MR) is 74.6 cm³/mol. The summed E-state index contributed by atoms with van der Waals surface area (Å²) in [6.45, 7) is 6.94. The average Bonchev–Trinajstić information content (AvgIpc) is 2.37. The minimum atomic E-state index is -0.504. The van der Waals surface area contributed by atoms with Crippen molar-refractivity contribution in [3.63, 3.8) is 0 Å². The molecule has 0 radical (unpaired) electrons. The molecule has 0 aliphatic carbocycles. The van der Waals surface area contributed by atoms with E-state index in [4.69, 9.17) is 9.47 Å². The van der Waals surface area contributed by atoms with E-state index in [0.717, 1.165) is 5.56 Å². The Morgan fingerprint density at radius 2 is 2.20 bits per heavy atom. The highest BCUT2D eigenvalue weighted by Crippen LogP contribution is 2.25. The van der Waals surface area contributed by atoms with Crippen LogP contribution in [0.4, 0.5) is 4.79 Å². The molecule has 0 unspecified atom stereocenters. The Bertz CT molecular complexity index is 481. The van der Waals surface area contributed by atoms with Crippen molar-refractivity contribution in [1.82, 2.24) is 4.90 Å². The highest BCUT2D eigenvalue weighted by Gasteiger charge is 2.28. The summed E-state index contributed by atoms with van der Waals surface area (Å²) in [6, 6.07) is 6.91. The van der Waals surface area contributed by atoms with Crippen LogP contribution in [-0.4, -0.2) is 41.4 Å². The highest BCUT2D eigenvalue weighted by molar-refractivity contribution is 5.68. The third-order valence-corrected chi connectivity index (χ3v) is 2.96. The first-order chi connectivity index (χ1) is 9.35. The molecule has 110 valence electrons. The third kappa shape index (κ3) is 3.87. The number of carbonyl (C=O) groups is 1. The number of hydrogen-bond acceptors (Lipinski definition) is 4. The molecule has 1 atom stereocenters. The number of amides is 1. The molecule has 0 aromatic heterocycles.